The van der Waals surface area contributed by atoms with E-state index in [0.29, 0.717) is 18.9 Å². The van der Waals surface area contributed by atoms with Crippen molar-refractivity contribution in [2.45, 2.75) is 75.4 Å². The van der Waals surface area contributed by atoms with Gasteiger partial charge in [0, 0.05) is 31.5 Å². The summed E-state index contributed by atoms with van der Waals surface area (Å²) in [6.45, 7) is 3.65. The van der Waals surface area contributed by atoms with E-state index in [0.717, 1.165) is 88.0 Å². The first-order valence-electron chi connectivity index (χ1n) is 14.8. The topological polar surface area (TPSA) is 87.9 Å². The summed E-state index contributed by atoms with van der Waals surface area (Å²) in [6.07, 6.45) is 10.9. The van der Waals surface area contributed by atoms with Crippen molar-refractivity contribution in [3.8, 4) is 5.75 Å². The van der Waals surface area contributed by atoms with E-state index < -0.39 is 16.3 Å². The molecule has 0 bridgehead atoms. The van der Waals surface area contributed by atoms with Crippen LogP contribution in [-0.2, 0) is 22.3 Å². The number of rotatable bonds is 8. The predicted molar refractivity (Wildman–Crippen MR) is 155 cm³/mol. The highest BCUT2D eigenvalue weighted by molar-refractivity contribution is 7.83. The van der Waals surface area contributed by atoms with Crippen molar-refractivity contribution in [3.05, 3.63) is 83.7 Å². The first-order chi connectivity index (χ1) is 19.8. The summed E-state index contributed by atoms with van der Waals surface area (Å²) in [5, 5.41) is 0. The van der Waals surface area contributed by atoms with Crippen LogP contribution in [0.2, 0.25) is 0 Å². The summed E-state index contributed by atoms with van der Waals surface area (Å²) in [5.41, 5.74) is 1.76. The van der Waals surface area contributed by atoms with Crippen molar-refractivity contribution in [1.82, 2.24) is 18.8 Å². The lowest BCUT2D eigenvalue weighted by Crippen LogP contribution is -2.45. The molecule has 2 aromatic carbocycles. The van der Waals surface area contributed by atoms with Gasteiger partial charge in [-0.3, -0.25) is 4.55 Å². The minimum Gasteiger partial charge on any atom is -0.494 e. The Morgan fingerprint density at radius 3 is 2.51 bits per heavy atom. The summed E-state index contributed by atoms with van der Waals surface area (Å²) in [6, 6.07) is 13.6. The molecule has 6 rings (SSSR count). The van der Waals surface area contributed by atoms with Gasteiger partial charge in [0.25, 0.3) is 0 Å². The van der Waals surface area contributed by atoms with E-state index in [9.17, 15) is 17.4 Å². The van der Waals surface area contributed by atoms with Gasteiger partial charge in [0.1, 0.15) is 17.4 Å². The van der Waals surface area contributed by atoms with Gasteiger partial charge in [-0.05, 0) is 80.6 Å². The van der Waals surface area contributed by atoms with Crippen molar-refractivity contribution < 1.29 is 22.1 Å². The molecule has 2 aliphatic heterocycles. The van der Waals surface area contributed by atoms with Gasteiger partial charge >= 0.3 is 10.3 Å². The number of nitrogens with zero attached hydrogens (tertiary/aromatic N) is 4. The van der Waals surface area contributed by atoms with Crippen LogP contribution in [0, 0.1) is 5.82 Å². The number of benzene rings is 2. The van der Waals surface area contributed by atoms with Crippen LogP contribution in [0.1, 0.15) is 74.4 Å². The third-order valence-corrected chi connectivity index (χ3v) is 10.4. The van der Waals surface area contributed by atoms with Gasteiger partial charge in [-0.1, -0.05) is 43.5 Å². The molecule has 3 aliphatic rings. The van der Waals surface area contributed by atoms with Crippen LogP contribution >= 0.6 is 0 Å². The number of ether oxygens (including phenoxy) is 1. The van der Waals surface area contributed by atoms with E-state index in [1.807, 2.05) is 30.6 Å². The van der Waals surface area contributed by atoms with Crippen molar-refractivity contribution in [1.29, 1.82) is 0 Å². The van der Waals surface area contributed by atoms with E-state index in [4.69, 9.17) is 9.72 Å². The highest BCUT2D eigenvalue weighted by Gasteiger charge is 2.48. The molecule has 1 aliphatic carbocycles. The molecule has 1 saturated carbocycles. The molecule has 8 nitrogen and oxygen atoms in total. The van der Waals surface area contributed by atoms with Crippen molar-refractivity contribution >= 4 is 10.3 Å². The summed E-state index contributed by atoms with van der Waals surface area (Å²) >= 11 is 0. The van der Waals surface area contributed by atoms with Crippen LogP contribution in [0.5, 0.6) is 5.75 Å². The maximum Gasteiger partial charge on any atom is 0.336 e. The Morgan fingerprint density at radius 2 is 1.78 bits per heavy atom. The van der Waals surface area contributed by atoms with Crippen LogP contribution in [0.25, 0.3) is 0 Å². The van der Waals surface area contributed by atoms with Gasteiger partial charge in [-0.15, -0.1) is 0 Å². The molecule has 3 aromatic rings. The minimum atomic E-state index is -4.43. The van der Waals surface area contributed by atoms with E-state index in [2.05, 4.69) is 15.5 Å². The van der Waals surface area contributed by atoms with Gasteiger partial charge in [-0.25, -0.2) is 9.37 Å². The number of piperidine rings is 1. The molecule has 1 spiro atoms. The van der Waals surface area contributed by atoms with E-state index >= 15 is 0 Å². The highest BCUT2D eigenvalue weighted by atomic mass is 32.2. The van der Waals surface area contributed by atoms with Crippen LogP contribution in [-0.4, -0.2) is 64.0 Å². The van der Waals surface area contributed by atoms with Crippen LogP contribution in [0.15, 0.2) is 60.9 Å². The fourth-order valence-corrected chi connectivity index (χ4v) is 8.41. The second-order valence-corrected chi connectivity index (χ2v) is 13.0. The van der Waals surface area contributed by atoms with Crippen molar-refractivity contribution in [2.75, 3.05) is 26.2 Å². The van der Waals surface area contributed by atoms with Gasteiger partial charge in [0.15, 0.2) is 0 Å². The number of fused-ring (bicyclic) bond motifs is 4. The monoisotopic (exact) mass is 582 g/mol. The molecular formula is C31H39FN4O4S. The number of hydrogen-bond donors (Lipinski definition) is 1. The average Bonchev–Trinajstić information content (AvgIpc) is 3.42. The zero-order chi connectivity index (χ0) is 28.5. The number of hydrogen-bond acceptors (Lipinski definition) is 5. The second-order valence-electron chi connectivity index (χ2n) is 11.7. The Hall–Kier alpha value is -2.79. The molecule has 220 valence electrons. The predicted octanol–water partition coefficient (Wildman–Crippen LogP) is 5.37. The fraction of sp³-hybridized carbons (Fsp3) is 0.516. The standard InChI is InChI=1S/C31H39FN4O4S/c32-24-11-13-26(14-12-24)40-22-6-18-34-19-15-31(16-20-34)28-10-5-4-9-27(28)29(23-35-21-17-33-30(31)35)36(41(37,38)39)25-7-2-1-3-8-25/h4-5,9-14,17,21,25,29H,1-3,6-8,15-16,18-20,22-23H2,(H,37,38,39). The Morgan fingerprint density at radius 1 is 1.05 bits per heavy atom. The van der Waals surface area contributed by atoms with E-state index in [1.165, 1.54) is 16.4 Å². The van der Waals surface area contributed by atoms with E-state index in [1.54, 1.807) is 12.1 Å². The molecule has 10 heteroatoms. The first kappa shape index (κ1) is 28.3. The Balaban J connectivity index is 1.23. The Bertz CT molecular complexity index is 1430. The maximum absolute atomic E-state index is 13.1. The summed E-state index contributed by atoms with van der Waals surface area (Å²) in [4.78, 5) is 7.32. The molecule has 0 radical (unpaired) electrons. The fourth-order valence-electron chi connectivity index (χ4n) is 7.32. The van der Waals surface area contributed by atoms with Gasteiger partial charge in [0.2, 0.25) is 0 Å². The average molecular weight is 583 g/mol. The normalized spacial score (nSPS) is 21.4. The SMILES string of the molecule is O=S(=O)(O)N(C1CCCCC1)C1Cn2ccnc2C2(CCN(CCCOc3ccc(F)cc3)CC2)c2ccccc21. The number of aromatic nitrogens is 2. The highest BCUT2D eigenvalue weighted by Crippen LogP contribution is 2.48. The molecule has 0 amide bonds. The van der Waals surface area contributed by atoms with Gasteiger partial charge < -0.3 is 14.2 Å². The van der Waals surface area contributed by atoms with E-state index in [-0.39, 0.29) is 17.3 Å². The molecule has 1 aromatic heterocycles. The Labute approximate surface area is 242 Å². The van der Waals surface area contributed by atoms with Crippen molar-refractivity contribution in [2.24, 2.45) is 0 Å². The molecular weight excluding hydrogens is 543 g/mol. The number of likely N-dealkylation sites (tertiary alicyclic amines) is 1. The summed E-state index contributed by atoms with van der Waals surface area (Å²) in [7, 11) is -4.43. The molecule has 1 atom stereocenters. The zero-order valence-corrected chi connectivity index (χ0v) is 24.2. The number of imidazole rings is 1. The van der Waals surface area contributed by atoms with Crippen LogP contribution < -0.4 is 4.74 Å². The third-order valence-electron chi connectivity index (χ3n) is 9.27. The molecule has 41 heavy (non-hydrogen) atoms. The van der Waals surface area contributed by atoms with Gasteiger partial charge in [-0.2, -0.15) is 12.7 Å². The van der Waals surface area contributed by atoms with Crippen LogP contribution in [0.3, 0.4) is 0 Å². The molecule has 1 saturated heterocycles. The third kappa shape index (κ3) is 5.80. The van der Waals surface area contributed by atoms with Gasteiger partial charge in [0.05, 0.1) is 18.1 Å². The lowest BCUT2D eigenvalue weighted by atomic mass is 9.70. The number of halogens is 1. The lowest BCUT2D eigenvalue weighted by Gasteiger charge is -2.42. The zero-order valence-electron chi connectivity index (χ0n) is 23.4. The molecule has 2 fully saturated rings. The van der Waals surface area contributed by atoms with Crippen LogP contribution in [0.4, 0.5) is 4.39 Å². The molecule has 1 N–H and O–H groups in total. The lowest BCUT2D eigenvalue weighted by molar-refractivity contribution is 0.161. The first-order valence-corrected chi connectivity index (χ1v) is 16.2. The Kier molecular flexibility index (Phi) is 8.18. The largest absolute Gasteiger partial charge is 0.494 e. The smallest absolute Gasteiger partial charge is 0.336 e. The second kappa shape index (κ2) is 11.8. The summed E-state index contributed by atoms with van der Waals surface area (Å²) < 4.78 is 59.0. The maximum atomic E-state index is 13.1. The van der Waals surface area contributed by atoms with Crippen molar-refractivity contribution in [3.63, 3.8) is 0 Å². The molecule has 3 heterocycles. The quantitative estimate of drug-likeness (QED) is 0.284. The molecule has 1 unspecified atom stereocenters. The minimum absolute atomic E-state index is 0.211. The summed E-state index contributed by atoms with van der Waals surface area (Å²) in [5.74, 6) is 1.38.